The Balaban J connectivity index is 1.71. The number of Topliss-reactive ketones (excluding diaryl/α,β-unsaturated/α-hetero) is 1. The zero-order chi connectivity index (χ0) is 24.1. The molecule has 1 atom stereocenters. The second-order valence-electron chi connectivity index (χ2n) is 8.56. The van der Waals surface area contributed by atoms with Crippen LogP contribution in [0, 0.1) is 5.92 Å². The molecule has 0 saturated heterocycles. The number of hydrogen-bond donors (Lipinski definition) is 3. The molecule has 7 heteroatoms. The number of aromatic amines is 1. The van der Waals surface area contributed by atoms with Crippen molar-refractivity contribution in [2.45, 2.75) is 39.0 Å². The molecule has 1 aliphatic rings. The molecule has 174 valence electrons. The molecule has 3 N–H and O–H groups in total. The van der Waals surface area contributed by atoms with Gasteiger partial charge in [-0.2, -0.15) is 0 Å². The zero-order valence-electron chi connectivity index (χ0n) is 19.0. The minimum absolute atomic E-state index is 0.0252. The summed E-state index contributed by atoms with van der Waals surface area (Å²) in [6, 6.07) is 13.7. The molecular formula is C27H27N3O4. The lowest BCUT2D eigenvalue weighted by Crippen LogP contribution is -2.19. The Bertz CT molecular complexity index is 1240. The van der Waals surface area contributed by atoms with E-state index in [-0.39, 0.29) is 24.0 Å². The Morgan fingerprint density at radius 2 is 2.00 bits per heavy atom. The predicted octanol–water partition coefficient (Wildman–Crippen LogP) is 4.79. The molecule has 0 bridgehead atoms. The predicted molar refractivity (Wildman–Crippen MR) is 130 cm³/mol. The normalized spacial score (nSPS) is 15.3. The van der Waals surface area contributed by atoms with E-state index in [1.807, 2.05) is 48.6 Å². The molecule has 1 aromatic carbocycles. The van der Waals surface area contributed by atoms with Gasteiger partial charge >= 0.3 is 5.97 Å². The van der Waals surface area contributed by atoms with Crippen molar-refractivity contribution in [3.8, 4) is 11.3 Å². The largest absolute Gasteiger partial charge is 0.481 e. The number of benzene rings is 1. The van der Waals surface area contributed by atoms with Crippen molar-refractivity contribution in [2.24, 2.45) is 5.92 Å². The Kier molecular flexibility index (Phi) is 7.01. The van der Waals surface area contributed by atoms with E-state index in [1.54, 1.807) is 12.3 Å². The molecule has 3 aromatic rings. The number of carbonyl (C=O) groups is 3. The highest BCUT2D eigenvalue weighted by atomic mass is 16.4. The molecule has 1 amide bonds. The molecule has 2 heterocycles. The number of aliphatic carboxylic acids is 1. The number of rotatable bonds is 8. The van der Waals surface area contributed by atoms with Crippen LogP contribution < -0.4 is 5.32 Å². The number of fused-ring (bicyclic) bond motifs is 1. The lowest BCUT2D eigenvalue weighted by Gasteiger charge is -2.19. The lowest BCUT2D eigenvalue weighted by molar-refractivity contribution is -0.136. The van der Waals surface area contributed by atoms with Crippen molar-refractivity contribution in [2.75, 3.05) is 5.32 Å². The molecule has 7 nitrogen and oxygen atoms in total. The van der Waals surface area contributed by atoms with E-state index in [0.29, 0.717) is 31.5 Å². The summed E-state index contributed by atoms with van der Waals surface area (Å²) in [5.41, 5.74) is 5.38. The van der Waals surface area contributed by atoms with Crippen LogP contribution in [-0.2, 0) is 22.4 Å². The maximum atomic E-state index is 13.3. The Hall–Kier alpha value is -4.00. The lowest BCUT2D eigenvalue weighted by atomic mass is 9.83. The van der Waals surface area contributed by atoms with Crippen LogP contribution in [0.3, 0.4) is 0 Å². The maximum Gasteiger partial charge on any atom is 0.303 e. The Labute approximate surface area is 197 Å². The van der Waals surface area contributed by atoms with Gasteiger partial charge in [-0.1, -0.05) is 42.5 Å². The number of aromatic nitrogens is 2. The van der Waals surface area contributed by atoms with Crippen molar-refractivity contribution in [1.82, 2.24) is 9.97 Å². The Morgan fingerprint density at radius 1 is 1.21 bits per heavy atom. The van der Waals surface area contributed by atoms with Gasteiger partial charge in [-0.05, 0) is 42.0 Å². The van der Waals surface area contributed by atoms with Crippen LogP contribution in [0.1, 0.15) is 53.4 Å². The van der Waals surface area contributed by atoms with Gasteiger partial charge in [0.25, 0.3) is 0 Å². The van der Waals surface area contributed by atoms with Crippen LogP contribution in [0.15, 0.2) is 60.8 Å². The summed E-state index contributed by atoms with van der Waals surface area (Å²) in [4.78, 5) is 43.3. The number of allylic oxidation sites excluding steroid dienone is 2. The van der Waals surface area contributed by atoms with Gasteiger partial charge in [0.2, 0.25) is 5.91 Å². The summed E-state index contributed by atoms with van der Waals surface area (Å²) in [6.45, 7) is 1.44. The SMILES string of the molecule is CC(=O)Nc1cc(-c2[nH]c3c(c2Cc2ccccc2)C(=O)CC(C=CCCC(=O)O)C3)ccn1. The number of carboxylic acid groups (broad SMARTS) is 1. The van der Waals surface area contributed by atoms with Crippen molar-refractivity contribution >= 4 is 23.5 Å². The van der Waals surface area contributed by atoms with Crippen molar-refractivity contribution in [3.05, 3.63) is 83.2 Å². The standard InChI is InChI=1S/C27H27N3O4/c1-17(31)29-24-16-20(11-12-28-24)27-21(13-18-7-3-2-4-8-18)26-22(30-27)14-19(15-23(26)32)9-5-6-10-25(33)34/h2-5,7-9,11-12,16,19,30H,6,10,13-15H2,1H3,(H,33,34)(H,28,29,31). The highest BCUT2D eigenvalue weighted by molar-refractivity contribution is 6.02. The van der Waals surface area contributed by atoms with E-state index in [9.17, 15) is 14.4 Å². The van der Waals surface area contributed by atoms with Crippen LogP contribution in [-0.4, -0.2) is 32.7 Å². The quantitative estimate of drug-likeness (QED) is 0.421. The van der Waals surface area contributed by atoms with Gasteiger partial charge in [0.05, 0.1) is 5.69 Å². The average molecular weight is 458 g/mol. The number of pyridine rings is 1. The number of nitrogens with zero attached hydrogens (tertiary/aromatic N) is 1. The first kappa shape index (κ1) is 23.2. The third-order valence-electron chi connectivity index (χ3n) is 5.88. The third kappa shape index (κ3) is 5.49. The number of anilines is 1. The summed E-state index contributed by atoms with van der Waals surface area (Å²) in [6.07, 6.45) is 7.66. The first-order valence-corrected chi connectivity index (χ1v) is 11.3. The maximum absolute atomic E-state index is 13.3. The van der Waals surface area contributed by atoms with Gasteiger partial charge in [-0.25, -0.2) is 4.98 Å². The summed E-state index contributed by atoms with van der Waals surface area (Å²) in [7, 11) is 0. The first-order chi connectivity index (χ1) is 16.4. The number of carboxylic acids is 1. The molecule has 0 saturated carbocycles. The number of nitrogens with one attached hydrogen (secondary N) is 2. The van der Waals surface area contributed by atoms with Gasteiger partial charge in [0.15, 0.2) is 5.78 Å². The number of amides is 1. The summed E-state index contributed by atoms with van der Waals surface area (Å²) in [5, 5.41) is 11.5. The minimum Gasteiger partial charge on any atom is -0.481 e. The Morgan fingerprint density at radius 3 is 2.74 bits per heavy atom. The molecule has 0 radical (unpaired) electrons. The van der Waals surface area contributed by atoms with Gasteiger partial charge in [-0.3, -0.25) is 14.4 Å². The van der Waals surface area contributed by atoms with Crippen molar-refractivity contribution < 1.29 is 19.5 Å². The molecule has 34 heavy (non-hydrogen) atoms. The molecule has 0 aliphatic heterocycles. The van der Waals surface area contributed by atoms with Crippen LogP contribution in [0.5, 0.6) is 0 Å². The van der Waals surface area contributed by atoms with E-state index >= 15 is 0 Å². The van der Waals surface area contributed by atoms with E-state index in [1.165, 1.54) is 6.92 Å². The highest BCUT2D eigenvalue weighted by Crippen LogP contribution is 2.36. The van der Waals surface area contributed by atoms with E-state index in [0.717, 1.165) is 33.6 Å². The van der Waals surface area contributed by atoms with Gasteiger partial charge < -0.3 is 15.4 Å². The van der Waals surface area contributed by atoms with Crippen LogP contribution in [0.25, 0.3) is 11.3 Å². The van der Waals surface area contributed by atoms with E-state index in [4.69, 9.17) is 5.11 Å². The molecular weight excluding hydrogens is 430 g/mol. The second kappa shape index (κ2) is 10.3. The molecule has 1 unspecified atom stereocenters. The van der Waals surface area contributed by atoms with Crippen LogP contribution in [0.4, 0.5) is 5.82 Å². The smallest absolute Gasteiger partial charge is 0.303 e. The average Bonchev–Trinajstić information content (AvgIpc) is 3.16. The molecule has 1 aliphatic carbocycles. The van der Waals surface area contributed by atoms with E-state index < -0.39 is 5.97 Å². The van der Waals surface area contributed by atoms with Gasteiger partial charge in [-0.15, -0.1) is 0 Å². The number of ketones is 1. The fourth-order valence-corrected chi connectivity index (χ4v) is 4.45. The van der Waals surface area contributed by atoms with Crippen molar-refractivity contribution in [3.63, 3.8) is 0 Å². The summed E-state index contributed by atoms with van der Waals surface area (Å²) >= 11 is 0. The van der Waals surface area contributed by atoms with Crippen molar-refractivity contribution in [1.29, 1.82) is 0 Å². The van der Waals surface area contributed by atoms with Gasteiger partial charge in [0.1, 0.15) is 5.82 Å². The fourth-order valence-electron chi connectivity index (χ4n) is 4.45. The number of H-pyrrole nitrogens is 1. The number of carbonyl (C=O) groups excluding carboxylic acids is 2. The fraction of sp³-hybridized carbons (Fsp3) is 0.259. The number of hydrogen-bond acceptors (Lipinski definition) is 4. The van der Waals surface area contributed by atoms with Crippen LogP contribution in [0.2, 0.25) is 0 Å². The molecule has 0 fully saturated rings. The monoisotopic (exact) mass is 457 g/mol. The molecule has 4 rings (SSSR count). The summed E-state index contributed by atoms with van der Waals surface area (Å²) < 4.78 is 0. The minimum atomic E-state index is -0.831. The molecule has 2 aromatic heterocycles. The highest BCUT2D eigenvalue weighted by Gasteiger charge is 2.30. The third-order valence-corrected chi connectivity index (χ3v) is 5.88. The van der Waals surface area contributed by atoms with E-state index in [2.05, 4.69) is 15.3 Å². The van der Waals surface area contributed by atoms with Crippen LogP contribution >= 0.6 is 0 Å². The van der Waals surface area contributed by atoms with Gasteiger partial charge in [0, 0.05) is 49.2 Å². The second-order valence-corrected chi connectivity index (χ2v) is 8.56. The summed E-state index contributed by atoms with van der Waals surface area (Å²) in [5.74, 6) is -0.473. The topological polar surface area (TPSA) is 112 Å². The first-order valence-electron chi connectivity index (χ1n) is 11.3. The molecule has 0 spiro atoms. The zero-order valence-corrected chi connectivity index (χ0v) is 19.0.